The van der Waals surface area contributed by atoms with Gasteiger partial charge in [0.2, 0.25) is 4.96 Å². The summed E-state index contributed by atoms with van der Waals surface area (Å²) in [6.07, 6.45) is 7.53. The van der Waals surface area contributed by atoms with Crippen LogP contribution in [-0.2, 0) is 0 Å². The highest BCUT2D eigenvalue weighted by Gasteiger charge is 2.14. The van der Waals surface area contributed by atoms with Crippen molar-refractivity contribution in [3.8, 4) is 22.7 Å². The first-order chi connectivity index (χ1) is 18.7. The maximum atomic E-state index is 13.3. The van der Waals surface area contributed by atoms with Gasteiger partial charge in [-0.3, -0.25) is 4.79 Å². The Morgan fingerprint density at radius 2 is 1.71 bits per heavy atom. The second-order valence-corrected chi connectivity index (χ2v) is 9.51. The van der Waals surface area contributed by atoms with Crippen molar-refractivity contribution in [3.63, 3.8) is 0 Å². The number of nitrogens with zero attached hydrogens (tertiary/aromatic N) is 5. The fraction of sp³-hybridized carbons (Fsp3) is 0.0667. The lowest BCUT2D eigenvalue weighted by Gasteiger charge is -2.05. The molecule has 0 radical (unpaired) electrons. The first-order valence-corrected chi connectivity index (χ1v) is 13.0. The highest BCUT2D eigenvalue weighted by molar-refractivity contribution is 7.15. The molecule has 186 valence electrons. The van der Waals surface area contributed by atoms with Crippen molar-refractivity contribution in [1.29, 1.82) is 0 Å². The van der Waals surface area contributed by atoms with E-state index in [9.17, 15) is 4.79 Å². The largest absolute Gasteiger partial charge is 0.494 e. The molecular formula is C30H23N5O2S. The zero-order chi connectivity index (χ0) is 25.9. The molecule has 0 spiro atoms. The molecule has 0 saturated heterocycles. The molecule has 38 heavy (non-hydrogen) atoms. The van der Waals surface area contributed by atoms with Gasteiger partial charge in [0.1, 0.15) is 11.4 Å². The molecule has 3 heterocycles. The summed E-state index contributed by atoms with van der Waals surface area (Å²) in [7, 11) is 0. The molecule has 0 bridgehead atoms. The Labute approximate surface area is 222 Å². The Hall–Kier alpha value is -4.82. The normalized spacial score (nSPS) is 12.1. The van der Waals surface area contributed by atoms with Crippen LogP contribution in [0.2, 0.25) is 0 Å². The van der Waals surface area contributed by atoms with Crippen LogP contribution in [-0.4, -0.2) is 31.0 Å². The van der Waals surface area contributed by atoms with Gasteiger partial charge < -0.3 is 4.74 Å². The molecule has 0 aliphatic heterocycles. The van der Waals surface area contributed by atoms with Gasteiger partial charge in [0, 0.05) is 17.3 Å². The SMILES string of the molecule is CCOc1cccc(-c2nn(-c3ccccc3)cc2/C=c2\sc3nc(/C=C/c4ccccc4)nn3c2=O)c1. The minimum absolute atomic E-state index is 0.210. The monoisotopic (exact) mass is 517 g/mol. The lowest BCUT2D eigenvalue weighted by atomic mass is 10.1. The van der Waals surface area contributed by atoms with Crippen LogP contribution in [0.4, 0.5) is 0 Å². The van der Waals surface area contributed by atoms with Gasteiger partial charge in [0.25, 0.3) is 5.56 Å². The lowest BCUT2D eigenvalue weighted by Crippen LogP contribution is -2.23. The van der Waals surface area contributed by atoms with Gasteiger partial charge in [-0.1, -0.05) is 78.1 Å². The predicted molar refractivity (Wildman–Crippen MR) is 151 cm³/mol. The second-order valence-electron chi connectivity index (χ2n) is 8.50. The summed E-state index contributed by atoms with van der Waals surface area (Å²) in [6.45, 7) is 2.53. The molecular weight excluding hydrogens is 494 g/mol. The van der Waals surface area contributed by atoms with Crippen LogP contribution in [0.5, 0.6) is 5.75 Å². The first kappa shape index (κ1) is 23.6. The first-order valence-electron chi connectivity index (χ1n) is 12.2. The quantitative estimate of drug-likeness (QED) is 0.294. The number of hydrogen-bond donors (Lipinski definition) is 0. The molecule has 0 N–H and O–H groups in total. The molecule has 6 rings (SSSR count). The summed E-state index contributed by atoms with van der Waals surface area (Å²) < 4.78 is 9.42. The van der Waals surface area contributed by atoms with E-state index in [1.54, 1.807) is 0 Å². The Bertz CT molecular complexity index is 1850. The molecule has 3 aromatic heterocycles. The molecule has 0 fully saturated rings. The van der Waals surface area contributed by atoms with E-state index >= 15 is 0 Å². The van der Waals surface area contributed by atoms with Crippen molar-refractivity contribution in [2.24, 2.45) is 0 Å². The summed E-state index contributed by atoms with van der Waals surface area (Å²) >= 11 is 1.31. The van der Waals surface area contributed by atoms with Crippen LogP contribution in [0.1, 0.15) is 23.9 Å². The lowest BCUT2D eigenvalue weighted by molar-refractivity contribution is 0.340. The average molecular weight is 518 g/mol. The van der Waals surface area contributed by atoms with Gasteiger partial charge in [-0.2, -0.15) is 14.6 Å². The van der Waals surface area contributed by atoms with E-state index in [4.69, 9.17) is 9.84 Å². The maximum Gasteiger partial charge on any atom is 0.291 e. The summed E-state index contributed by atoms with van der Waals surface area (Å²) in [5, 5.41) is 9.29. The number of hydrogen-bond acceptors (Lipinski definition) is 6. The van der Waals surface area contributed by atoms with Crippen LogP contribution in [0.15, 0.2) is 95.9 Å². The third kappa shape index (κ3) is 4.77. The van der Waals surface area contributed by atoms with E-state index in [0.29, 0.717) is 21.9 Å². The second kappa shape index (κ2) is 10.3. The Morgan fingerprint density at radius 3 is 2.47 bits per heavy atom. The van der Waals surface area contributed by atoms with Crippen LogP contribution in [0, 0.1) is 0 Å². The zero-order valence-electron chi connectivity index (χ0n) is 20.6. The van der Waals surface area contributed by atoms with Crippen LogP contribution in [0.25, 0.3) is 40.1 Å². The molecule has 0 aliphatic rings. The van der Waals surface area contributed by atoms with Gasteiger partial charge >= 0.3 is 0 Å². The van der Waals surface area contributed by atoms with E-state index in [1.165, 1.54) is 15.9 Å². The highest BCUT2D eigenvalue weighted by Crippen LogP contribution is 2.27. The van der Waals surface area contributed by atoms with E-state index in [2.05, 4.69) is 10.1 Å². The fourth-order valence-electron chi connectivity index (χ4n) is 4.13. The van der Waals surface area contributed by atoms with Crippen LogP contribution in [0.3, 0.4) is 0 Å². The van der Waals surface area contributed by atoms with E-state index < -0.39 is 0 Å². The maximum absolute atomic E-state index is 13.3. The Balaban J connectivity index is 1.42. The minimum atomic E-state index is -0.210. The molecule has 0 amide bonds. The topological polar surface area (TPSA) is 74.3 Å². The van der Waals surface area contributed by atoms with E-state index in [1.807, 2.05) is 121 Å². The summed E-state index contributed by atoms with van der Waals surface area (Å²) in [4.78, 5) is 18.3. The predicted octanol–water partition coefficient (Wildman–Crippen LogP) is 5.12. The van der Waals surface area contributed by atoms with Gasteiger partial charge in [-0.05, 0) is 48.9 Å². The number of para-hydroxylation sites is 1. The van der Waals surface area contributed by atoms with Crippen molar-refractivity contribution in [1.82, 2.24) is 24.4 Å². The highest BCUT2D eigenvalue weighted by atomic mass is 32.1. The third-order valence-corrected chi connectivity index (χ3v) is 6.85. The van der Waals surface area contributed by atoms with E-state index in [0.717, 1.165) is 33.8 Å². The smallest absolute Gasteiger partial charge is 0.291 e. The number of aromatic nitrogens is 5. The molecule has 7 nitrogen and oxygen atoms in total. The number of rotatable bonds is 7. The molecule has 0 unspecified atom stereocenters. The van der Waals surface area contributed by atoms with Crippen LogP contribution < -0.4 is 14.8 Å². The zero-order valence-corrected chi connectivity index (χ0v) is 21.4. The third-order valence-electron chi connectivity index (χ3n) is 5.89. The van der Waals surface area contributed by atoms with Gasteiger partial charge in [-0.15, -0.1) is 5.10 Å². The van der Waals surface area contributed by atoms with Crippen molar-refractivity contribution in [2.75, 3.05) is 6.61 Å². The standard InChI is InChI=1S/C30H23N5O2S/c1-2-37-25-15-9-12-22(18-25)28-23(20-34(33-28)24-13-7-4-8-14-24)19-26-29(36)35-30(38-26)31-27(32-35)17-16-21-10-5-3-6-11-21/h3-20H,2H2,1H3/b17-16+,26-19-. The van der Waals surface area contributed by atoms with Crippen LogP contribution >= 0.6 is 11.3 Å². The number of thiazole rings is 1. The number of benzene rings is 3. The van der Waals surface area contributed by atoms with Gasteiger partial charge in [-0.25, -0.2) is 4.68 Å². The average Bonchev–Trinajstić information content (AvgIpc) is 3.64. The van der Waals surface area contributed by atoms with Gasteiger partial charge in [0.05, 0.1) is 16.8 Å². The van der Waals surface area contributed by atoms with Gasteiger partial charge in [0.15, 0.2) is 5.82 Å². The van der Waals surface area contributed by atoms with Crippen molar-refractivity contribution in [2.45, 2.75) is 6.92 Å². The molecule has 6 aromatic rings. The Morgan fingerprint density at radius 1 is 0.921 bits per heavy atom. The van der Waals surface area contributed by atoms with E-state index in [-0.39, 0.29) is 5.56 Å². The fourth-order valence-corrected chi connectivity index (χ4v) is 5.03. The summed E-state index contributed by atoms with van der Waals surface area (Å²) in [6, 6.07) is 27.6. The number of ether oxygens (including phenoxy) is 1. The molecule has 0 aliphatic carbocycles. The van der Waals surface area contributed by atoms with Crippen molar-refractivity contribution >= 4 is 34.5 Å². The molecule has 3 aromatic carbocycles. The van der Waals surface area contributed by atoms with Crippen molar-refractivity contribution < 1.29 is 4.74 Å². The molecule has 8 heteroatoms. The number of fused-ring (bicyclic) bond motifs is 1. The summed E-state index contributed by atoms with van der Waals surface area (Å²) in [5.74, 6) is 1.26. The molecule has 0 atom stereocenters. The van der Waals surface area contributed by atoms with Crippen molar-refractivity contribution in [3.05, 3.63) is 123 Å². The molecule has 0 saturated carbocycles. The summed E-state index contributed by atoms with van der Waals surface area (Å²) in [5.41, 5.74) is 4.22. The minimum Gasteiger partial charge on any atom is -0.494 e. The Kier molecular flexibility index (Phi) is 6.37.